The SMILES string of the molecule is Cc1cc2cc(O)ccc2cc1C(=O)O. The molecule has 0 radical (unpaired) electrons. The zero-order chi connectivity index (χ0) is 11.0. The van der Waals surface area contributed by atoms with Gasteiger partial charge in [-0.2, -0.15) is 0 Å². The Kier molecular flexibility index (Phi) is 2.08. The molecule has 0 fully saturated rings. The van der Waals surface area contributed by atoms with Crippen molar-refractivity contribution in [1.82, 2.24) is 0 Å². The van der Waals surface area contributed by atoms with Crippen molar-refractivity contribution >= 4 is 16.7 Å². The molecule has 0 unspecified atom stereocenters. The van der Waals surface area contributed by atoms with Crippen molar-refractivity contribution in [3.63, 3.8) is 0 Å². The molecule has 0 heterocycles. The summed E-state index contributed by atoms with van der Waals surface area (Å²) < 4.78 is 0. The molecule has 3 heteroatoms. The second kappa shape index (κ2) is 3.28. The molecule has 0 atom stereocenters. The molecule has 0 aliphatic rings. The topological polar surface area (TPSA) is 57.5 Å². The third kappa shape index (κ3) is 1.64. The van der Waals surface area contributed by atoms with Crippen molar-refractivity contribution in [3.05, 3.63) is 41.5 Å². The van der Waals surface area contributed by atoms with E-state index >= 15 is 0 Å². The van der Waals surface area contributed by atoms with Crippen molar-refractivity contribution in [2.24, 2.45) is 0 Å². The van der Waals surface area contributed by atoms with Crippen LogP contribution in [0.1, 0.15) is 15.9 Å². The van der Waals surface area contributed by atoms with Crippen LogP contribution in [0.15, 0.2) is 30.3 Å². The van der Waals surface area contributed by atoms with E-state index in [0.29, 0.717) is 11.1 Å². The van der Waals surface area contributed by atoms with Crippen LogP contribution in [-0.2, 0) is 0 Å². The summed E-state index contributed by atoms with van der Waals surface area (Å²) in [7, 11) is 0. The van der Waals surface area contributed by atoms with E-state index in [0.717, 1.165) is 10.8 Å². The summed E-state index contributed by atoms with van der Waals surface area (Å²) in [6.45, 7) is 1.74. The van der Waals surface area contributed by atoms with Crippen LogP contribution < -0.4 is 0 Å². The number of carbonyl (C=O) groups is 1. The van der Waals surface area contributed by atoms with Gasteiger partial charge in [-0.25, -0.2) is 4.79 Å². The molecule has 0 saturated heterocycles. The second-order valence-electron chi connectivity index (χ2n) is 3.50. The van der Waals surface area contributed by atoms with Crippen LogP contribution in [0.2, 0.25) is 0 Å². The highest BCUT2D eigenvalue weighted by Gasteiger charge is 2.08. The van der Waals surface area contributed by atoms with E-state index in [4.69, 9.17) is 5.11 Å². The van der Waals surface area contributed by atoms with Crippen LogP contribution in [0, 0.1) is 6.92 Å². The number of aryl methyl sites for hydroxylation is 1. The van der Waals surface area contributed by atoms with Gasteiger partial charge in [0.2, 0.25) is 0 Å². The summed E-state index contributed by atoms with van der Waals surface area (Å²) in [6, 6.07) is 8.25. The average molecular weight is 202 g/mol. The normalized spacial score (nSPS) is 10.5. The maximum atomic E-state index is 10.9. The lowest BCUT2D eigenvalue weighted by atomic mass is 10.0. The zero-order valence-corrected chi connectivity index (χ0v) is 8.19. The monoisotopic (exact) mass is 202 g/mol. The Hall–Kier alpha value is -2.03. The second-order valence-corrected chi connectivity index (χ2v) is 3.50. The fourth-order valence-electron chi connectivity index (χ4n) is 1.63. The van der Waals surface area contributed by atoms with E-state index in [1.165, 1.54) is 0 Å². The molecule has 0 bridgehead atoms. The van der Waals surface area contributed by atoms with Gasteiger partial charge in [-0.15, -0.1) is 0 Å². The fourth-order valence-corrected chi connectivity index (χ4v) is 1.63. The van der Waals surface area contributed by atoms with Crippen molar-refractivity contribution in [2.45, 2.75) is 6.92 Å². The maximum absolute atomic E-state index is 10.9. The minimum absolute atomic E-state index is 0.185. The molecule has 0 saturated carbocycles. The first-order chi connectivity index (χ1) is 7.08. The molecular weight excluding hydrogens is 192 g/mol. The molecule has 0 aliphatic carbocycles. The number of carboxylic acids is 1. The van der Waals surface area contributed by atoms with Crippen LogP contribution in [0.25, 0.3) is 10.8 Å². The predicted octanol–water partition coefficient (Wildman–Crippen LogP) is 2.55. The summed E-state index contributed by atoms with van der Waals surface area (Å²) in [6.07, 6.45) is 0. The van der Waals surface area contributed by atoms with Crippen molar-refractivity contribution in [3.8, 4) is 5.75 Å². The van der Waals surface area contributed by atoms with Crippen LogP contribution in [0.4, 0.5) is 0 Å². The molecule has 0 spiro atoms. The molecule has 0 aliphatic heterocycles. The van der Waals surface area contributed by atoms with Crippen molar-refractivity contribution in [1.29, 1.82) is 0 Å². The van der Waals surface area contributed by atoms with Gasteiger partial charge in [0.1, 0.15) is 5.75 Å². The fraction of sp³-hybridized carbons (Fsp3) is 0.0833. The lowest BCUT2D eigenvalue weighted by Crippen LogP contribution is -1.99. The van der Waals surface area contributed by atoms with E-state index < -0.39 is 5.97 Å². The minimum atomic E-state index is -0.928. The lowest BCUT2D eigenvalue weighted by molar-refractivity contribution is 0.0696. The molecule has 3 nitrogen and oxygen atoms in total. The Labute approximate surface area is 86.6 Å². The van der Waals surface area contributed by atoms with E-state index in [2.05, 4.69) is 0 Å². The number of rotatable bonds is 1. The average Bonchev–Trinajstić information content (AvgIpc) is 2.15. The number of phenolic OH excluding ortho intramolecular Hbond substituents is 1. The predicted molar refractivity (Wildman–Crippen MR) is 57.3 cm³/mol. The number of hydrogen-bond donors (Lipinski definition) is 2. The van der Waals surface area contributed by atoms with Gasteiger partial charge in [0.05, 0.1) is 5.56 Å². The molecule has 2 aromatic rings. The Morgan fingerprint density at radius 3 is 2.53 bits per heavy atom. The third-order valence-electron chi connectivity index (χ3n) is 2.40. The first kappa shape index (κ1) is 9.52. The standard InChI is InChI=1S/C12H10O3/c1-7-4-9-5-10(13)3-2-8(9)6-11(7)12(14)15/h2-6,13H,1H3,(H,14,15). The molecule has 0 aromatic heterocycles. The van der Waals surface area contributed by atoms with E-state index in [9.17, 15) is 9.90 Å². The van der Waals surface area contributed by atoms with Gasteiger partial charge < -0.3 is 10.2 Å². The smallest absolute Gasteiger partial charge is 0.335 e. The molecule has 15 heavy (non-hydrogen) atoms. The van der Waals surface area contributed by atoms with Gasteiger partial charge >= 0.3 is 5.97 Å². The number of benzene rings is 2. The van der Waals surface area contributed by atoms with Gasteiger partial charge in [-0.05, 0) is 41.5 Å². The molecule has 76 valence electrons. The molecule has 0 amide bonds. The third-order valence-corrected chi connectivity index (χ3v) is 2.40. The van der Waals surface area contributed by atoms with Gasteiger partial charge in [0.15, 0.2) is 0 Å². The summed E-state index contributed by atoms with van der Waals surface area (Å²) in [4.78, 5) is 10.9. The Morgan fingerprint density at radius 1 is 1.13 bits per heavy atom. The summed E-state index contributed by atoms with van der Waals surface area (Å²) >= 11 is 0. The number of phenols is 1. The molecule has 2 N–H and O–H groups in total. The molecule has 2 aromatic carbocycles. The van der Waals surface area contributed by atoms with Gasteiger partial charge in [-0.3, -0.25) is 0 Å². The van der Waals surface area contributed by atoms with Crippen LogP contribution in [-0.4, -0.2) is 16.2 Å². The van der Waals surface area contributed by atoms with E-state index in [1.807, 2.05) is 0 Å². The first-order valence-electron chi connectivity index (χ1n) is 4.54. The van der Waals surface area contributed by atoms with Gasteiger partial charge in [-0.1, -0.05) is 12.1 Å². The van der Waals surface area contributed by atoms with E-state index in [-0.39, 0.29) is 5.75 Å². The number of hydrogen-bond acceptors (Lipinski definition) is 2. The maximum Gasteiger partial charge on any atom is 0.335 e. The number of carboxylic acid groups (broad SMARTS) is 1. The molecule has 2 rings (SSSR count). The quantitative estimate of drug-likeness (QED) is 0.747. The zero-order valence-electron chi connectivity index (χ0n) is 8.19. The van der Waals surface area contributed by atoms with Crippen LogP contribution >= 0.6 is 0 Å². The van der Waals surface area contributed by atoms with Crippen molar-refractivity contribution < 1.29 is 15.0 Å². The summed E-state index contributed by atoms with van der Waals surface area (Å²) in [5, 5.41) is 19.9. The minimum Gasteiger partial charge on any atom is -0.508 e. The highest BCUT2D eigenvalue weighted by molar-refractivity contribution is 5.96. The Morgan fingerprint density at radius 2 is 1.87 bits per heavy atom. The largest absolute Gasteiger partial charge is 0.508 e. The summed E-state index contributed by atoms with van der Waals surface area (Å²) in [5.41, 5.74) is 0.994. The Bertz CT molecular complexity index is 544. The Balaban J connectivity index is 2.76. The van der Waals surface area contributed by atoms with Crippen LogP contribution in [0.5, 0.6) is 5.75 Å². The first-order valence-corrected chi connectivity index (χ1v) is 4.54. The van der Waals surface area contributed by atoms with Gasteiger partial charge in [0.25, 0.3) is 0 Å². The molecular formula is C12H10O3. The lowest BCUT2D eigenvalue weighted by Gasteiger charge is -2.04. The highest BCUT2D eigenvalue weighted by atomic mass is 16.4. The number of aromatic hydroxyl groups is 1. The highest BCUT2D eigenvalue weighted by Crippen LogP contribution is 2.23. The van der Waals surface area contributed by atoms with Crippen molar-refractivity contribution in [2.75, 3.05) is 0 Å². The van der Waals surface area contributed by atoms with Crippen LogP contribution in [0.3, 0.4) is 0 Å². The number of fused-ring (bicyclic) bond motifs is 1. The summed E-state index contributed by atoms with van der Waals surface area (Å²) in [5.74, 6) is -0.743. The number of aromatic carboxylic acids is 1. The van der Waals surface area contributed by atoms with E-state index in [1.54, 1.807) is 37.3 Å². The van der Waals surface area contributed by atoms with Gasteiger partial charge in [0, 0.05) is 0 Å².